The molecule has 0 aliphatic heterocycles. The van der Waals surface area contributed by atoms with Crippen LogP contribution in [0.1, 0.15) is 33.1 Å². The van der Waals surface area contributed by atoms with Gasteiger partial charge in [0, 0.05) is 18.9 Å². The molecule has 1 saturated carbocycles. The molecule has 0 spiro atoms. The Kier molecular flexibility index (Phi) is 2.33. The Labute approximate surface area is 68.4 Å². The van der Waals surface area contributed by atoms with E-state index >= 15 is 0 Å². The minimum absolute atomic E-state index is 0.294. The molecule has 2 heteroatoms. The fourth-order valence-corrected chi connectivity index (χ4v) is 1.73. The maximum absolute atomic E-state index is 11.1. The highest BCUT2D eigenvalue weighted by atomic mass is 16.1. The van der Waals surface area contributed by atoms with Gasteiger partial charge in [-0.05, 0) is 18.9 Å². The van der Waals surface area contributed by atoms with Crippen LogP contribution in [0.15, 0.2) is 0 Å². The van der Waals surface area contributed by atoms with Gasteiger partial charge < -0.3 is 5.32 Å². The Morgan fingerprint density at radius 2 is 2.18 bits per heavy atom. The lowest BCUT2D eigenvalue weighted by Gasteiger charge is -2.37. The Hall–Kier alpha value is -0.370. The largest absolute Gasteiger partial charge is 0.316 e. The van der Waals surface area contributed by atoms with E-state index in [1.165, 1.54) is 0 Å². The van der Waals surface area contributed by atoms with Gasteiger partial charge in [0.05, 0.1) is 0 Å². The molecule has 2 nitrogen and oxygen atoms in total. The SMILES string of the molecule is CNC1CC(=O)CCC1(C)C. The van der Waals surface area contributed by atoms with Crippen LogP contribution in [0.5, 0.6) is 0 Å². The molecule has 11 heavy (non-hydrogen) atoms. The molecule has 0 aromatic carbocycles. The van der Waals surface area contributed by atoms with Crippen molar-refractivity contribution in [1.29, 1.82) is 0 Å². The van der Waals surface area contributed by atoms with E-state index in [0.717, 1.165) is 12.8 Å². The molecule has 1 aliphatic rings. The van der Waals surface area contributed by atoms with Crippen LogP contribution in [0.2, 0.25) is 0 Å². The summed E-state index contributed by atoms with van der Waals surface area (Å²) in [6.45, 7) is 4.45. The molecule has 64 valence electrons. The second-order valence-corrected chi connectivity index (χ2v) is 4.07. The van der Waals surface area contributed by atoms with Crippen molar-refractivity contribution in [2.24, 2.45) is 5.41 Å². The van der Waals surface area contributed by atoms with Gasteiger partial charge in [-0.1, -0.05) is 13.8 Å². The van der Waals surface area contributed by atoms with Crippen molar-refractivity contribution in [2.45, 2.75) is 39.2 Å². The van der Waals surface area contributed by atoms with Crippen LogP contribution in [0.3, 0.4) is 0 Å². The van der Waals surface area contributed by atoms with Gasteiger partial charge in [0.2, 0.25) is 0 Å². The zero-order valence-electron chi connectivity index (χ0n) is 7.61. The topological polar surface area (TPSA) is 29.1 Å². The van der Waals surface area contributed by atoms with Crippen LogP contribution in [-0.4, -0.2) is 18.9 Å². The maximum atomic E-state index is 11.1. The van der Waals surface area contributed by atoms with Gasteiger partial charge in [0.15, 0.2) is 0 Å². The highest BCUT2D eigenvalue weighted by Gasteiger charge is 2.34. The van der Waals surface area contributed by atoms with Crippen LogP contribution in [0.4, 0.5) is 0 Å². The molecular formula is C9H17NO. The standard InChI is InChI=1S/C9H17NO/c1-9(2)5-4-7(11)6-8(9)10-3/h8,10H,4-6H2,1-3H3. The average Bonchev–Trinajstić information content (AvgIpc) is 1.94. The van der Waals surface area contributed by atoms with E-state index in [4.69, 9.17) is 0 Å². The summed E-state index contributed by atoms with van der Waals surface area (Å²) >= 11 is 0. The summed E-state index contributed by atoms with van der Waals surface area (Å²) in [4.78, 5) is 11.1. The average molecular weight is 155 g/mol. The number of carbonyl (C=O) groups is 1. The zero-order chi connectivity index (χ0) is 8.48. The molecule has 1 N–H and O–H groups in total. The number of carbonyl (C=O) groups excluding carboxylic acids is 1. The highest BCUT2D eigenvalue weighted by molar-refractivity contribution is 5.80. The molecule has 1 aliphatic carbocycles. The summed E-state index contributed by atoms with van der Waals surface area (Å²) in [6, 6.07) is 0.378. The Bertz CT molecular complexity index is 163. The number of Topliss-reactive ketones (excluding diaryl/α,β-unsaturated/α-hetero) is 1. The predicted molar refractivity (Wildman–Crippen MR) is 45.5 cm³/mol. The molecule has 0 saturated heterocycles. The monoisotopic (exact) mass is 155 g/mol. The van der Waals surface area contributed by atoms with Crippen molar-refractivity contribution in [1.82, 2.24) is 5.32 Å². The van der Waals surface area contributed by atoms with E-state index in [1.54, 1.807) is 0 Å². The van der Waals surface area contributed by atoms with Crippen molar-refractivity contribution in [2.75, 3.05) is 7.05 Å². The minimum Gasteiger partial charge on any atom is -0.316 e. The highest BCUT2D eigenvalue weighted by Crippen LogP contribution is 2.33. The Morgan fingerprint density at radius 1 is 1.55 bits per heavy atom. The second kappa shape index (κ2) is 2.94. The Balaban J connectivity index is 2.63. The number of nitrogens with one attached hydrogen (secondary N) is 1. The van der Waals surface area contributed by atoms with E-state index in [-0.39, 0.29) is 0 Å². The first kappa shape index (κ1) is 8.72. The maximum Gasteiger partial charge on any atom is 0.134 e. The first-order valence-electron chi connectivity index (χ1n) is 4.25. The van der Waals surface area contributed by atoms with Crippen LogP contribution in [-0.2, 0) is 4.79 Å². The molecule has 0 aromatic heterocycles. The fraction of sp³-hybridized carbons (Fsp3) is 0.889. The van der Waals surface area contributed by atoms with Gasteiger partial charge in [0.25, 0.3) is 0 Å². The minimum atomic E-state index is 0.294. The molecular weight excluding hydrogens is 138 g/mol. The first-order valence-corrected chi connectivity index (χ1v) is 4.25. The van der Waals surface area contributed by atoms with Gasteiger partial charge in [-0.15, -0.1) is 0 Å². The third-order valence-corrected chi connectivity index (χ3v) is 2.77. The summed E-state index contributed by atoms with van der Waals surface area (Å²) in [5.41, 5.74) is 0.294. The van der Waals surface area contributed by atoms with Crippen molar-refractivity contribution in [3.8, 4) is 0 Å². The number of rotatable bonds is 1. The van der Waals surface area contributed by atoms with Crippen LogP contribution >= 0.6 is 0 Å². The van der Waals surface area contributed by atoms with Gasteiger partial charge in [-0.3, -0.25) is 4.79 Å². The summed E-state index contributed by atoms with van der Waals surface area (Å²) in [5.74, 6) is 0.406. The number of hydrogen-bond acceptors (Lipinski definition) is 2. The van der Waals surface area contributed by atoms with E-state index < -0.39 is 0 Å². The summed E-state index contributed by atoms with van der Waals surface area (Å²) in [5, 5.41) is 3.20. The van der Waals surface area contributed by atoms with Gasteiger partial charge in [-0.25, -0.2) is 0 Å². The molecule has 1 atom stereocenters. The predicted octanol–water partition coefficient (Wildman–Crippen LogP) is 1.35. The third kappa shape index (κ3) is 1.80. The van der Waals surface area contributed by atoms with Gasteiger partial charge >= 0.3 is 0 Å². The summed E-state index contributed by atoms with van der Waals surface area (Å²) < 4.78 is 0. The van der Waals surface area contributed by atoms with Gasteiger partial charge in [-0.2, -0.15) is 0 Å². The lowest BCUT2D eigenvalue weighted by Crippen LogP contribution is -2.44. The molecule has 0 amide bonds. The third-order valence-electron chi connectivity index (χ3n) is 2.77. The summed E-state index contributed by atoms with van der Waals surface area (Å²) in [7, 11) is 1.94. The van der Waals surface area contributed by atoms with Crippen molar-refractivity contribution in [3.05, 3.63) is 0 Å². The number of ketones is 1. The van der Waals surface area contributed by atoms with Gasteiger partial charge in [0.1, 0.15) is 5.78 Å². The van der Waals surface area contributed by atoms with E-state index in [1.807, 2.05) is 7.05 Å². The molecule has 0 heterocycles. The first-order chi connectivity index (χ1) is 5.06. The van der Waals surface area contributed by atoms with Crippen LogP contribution in [0.25, 0.3) is 0 Å². The Morgan fingerprint density at radius 3 is 2.64 bits per heavy atom. The molecule has 0 radical (unpaired) electrons. The molecule has 0 aromatic rings. The lowest BCUT2D eigenvalue weighted by molar-refractivity contribution is -0.123. The van der Waals surface area contributed by atoms with Crippen LogP contribution < -0.4 is 5.32 Å². The van der Waals surface area contributed by atoms with Crippen molar-refractivity contribution in [3.63, 3.8) is 0 Å². The fourth-order valence-electron chi connectivity index (χ4n) is 1.73. The lowest BCUT2D eigenvalue weighted by atomic mass is 9.73. The van der Waals surface area contributed by atoms with E-state index in [2.05, 4.69) is 19.2 Å². The van der Waals surface area contributed by atoms with E-state index in [0.29, 0.717) is 23.7 Å². The molecule has 1 unspecified atom stereocenters. The normalized spacial score (nSPS) is 30.5. The quantitative estimate of drug-likeness (QED) is 0.619. The smallest absolute Gasteiger partial charge is 0.134 e. The zero-order valence-corrected chi connectivity index (χ0v) is 7.61. The van der Waals surface area contributed by atoms with Crippen molar-refractivity contribution < 1.29 is 4.79 Å². The molecule has 0 bridgehead atoms. The summed E-state index contributed by atoms with van der Waals surface area (Å²) in [6.07, 6.45) is 2.51. The molecule has 1 rings (SSSR count). The van der Waals surface area contributed by atoms with Crippen molar-refractivity contribution >= 4 is 5.78 Å². The van der Waals surface area contributed by atoms with Crippen LogP contribution in [0, 0.1) is 5.41 Å². The number of hydrogen-bond donors (Lipinski definition) is 1. The second-order valence-electron chi connectivity index (χ2n) is 4.07. The van der Waals surface area contributed by atoms with E-state index in [9.17, 15) is 4.79 Å². The molecule has 1 fully saturated rings.